The molecule has 0 aliphatic rings. The normalized spacial score (nSPS) is 14.4. The number of rotatable bonds is 4. The highest BCUT2D eigenvalue weighted by atomic mass is 16.4. The molecule has 0 bridgehead atoms. The van der Waals surface area contributed by atoms with Crippen LogP contribution in [0.25, 0.3) is 0 Å². The monoisotopic (exact) mass is 236 g/mol. The predicted molar refractivity (Wildman–Crippen MR) is 68.1 cm³/mol. The first-order valence-corrected chi connectivity index (χ1v) is 5.62. The molecule has 0 saturated carbocycles. The van der Waals surface area contributed by atoms with Gasteiger partial charge in [-0.05, 0) is 50.1 Å². The highest BCUT2D eigenvalue weighted by Gasteiger charge is 2.25. The minimum Gasteiger partial charge on any atom is -0.480 e. The van der Waals surface area contributed by atoms with Crippen LogP contribution in [0.5, 0.6) is 0 Å². The summed E-state index contributed by atoms with van der Waals surface area (Å²) in [7, 11) is 1.72. The first-order chi connectivity index (χ1) is 7.88. The van der Waals surface area contributed by atoms with Gasteiger partial charge in [0.15, 0.2) is 0 Å². The van der Waals surface area contributed by atoms with Gasteiger partial charge in [-0.25, -0.2) is 0 Å². The summed E-state index contributed by atoms with van der Waals surface area (Å²) >= 11 is 0. The number of carboxylic acid groups (broad SMARTS) is 1. The van der Waals surface area contributed by atoms with Crippen molar-refractivity contribution < 1.29 is 9.90 Å². The van der Waals surface area contributed by atoms with E-state index >= 15 is 0 Å². The molecule has 4 heteroatoms. The summed E-state index contributed by atoms with van der Waals surface area (Å²) in [6.07, 6.45) is 0. The number of aryl methyl sites for hydroxylation is 3. The maximum absolute atomic E-state index is 11.0. The van der Waals surface area contributed by atoms with Gasteiger partial charge >= 0.3 is 5.97 Å². The fourth-order valence-corrected chi connectivity index (χ4v) is 1.99. The van der Waals surface area contributed by atoms with E-state index in [4.69, 9.17) is 10.8 Å². The summed E-state index contributed by atoms with van der Waals surface area (Å²) < 4.78 is 0. The summed E-state index contributed by atoms with van der Waals surface area (Å²) in [6, 6.07) is 2.76. The van der Waals surface area contributed by atoms with Crippen LogP contribution < -0.4 is 11.1 Å². The zero-order chi connectivity index (χ0) is 13.2. The molecule has 0 aliphatic heterocycles. The van der Waals surface area contributed by atoms with Crippen molar-refractivity contribution in [3.63, 3.8) is 0 Å². The van der Waals surface area contributed by atoms with Crippen molar-refractivity contribution in [3.8, 4) is 0 Å². The highest BCUT2D eigenvalue weighted by Crippen LogP contribution is 2.23. The number of nitrogens with one attached hydrogen (secondary N) is 1. The molecule has 4 N–H and O–H groups in total. The van der Waals surface area contributed by atoms with E-state index in [1.165, 1.54) is 5.56 Å². The number of aliphatic carboxylic acids is 1. The molecule has 1 aromatic carbocycles. The Labute approximate surface area is 102 Å². The summed E-state index contributed by atoms with van der Waals surface area (Å²) in [6.45, 7) is 6.02. The smallest absolute Gasteiger partial charge is 0.322 e. The molecular weight excluding hydrogens is 216 g/mol. The summed E-state index contributed by atoms with van der Waals surface area (Å²) in [5.41, 5.74) is 10.0. The molecule has 17 heavy (non-hydrogen) atoms. The molecule has 0 aromatic heterocycles. The zero-order valence-corrected chi connectivity index (χ0v) is 10.7. The lowest BCUT2D eigenvalue weighted by Gasteiger charge is -2.23. The third-order valence-electron chi connectivity index (χ3n) is 3.17. The summed E-state index contributed by atoms with van der Waals surface area (Å²) in [5.74, 6) is -0.998. The highest BCUT2D eigenvalue weighted by molar-refractivity contribution is 5.74. The predicted octanol–water partition coefficient (Wildman–Crippen LogP) is 1.28. The van der Waals surface area contributed by atoms with Crippen LogP contribution in [-0.4, -0.2) is 24.2 Å². The summed E-state index contributed by atoms with van der Waals surface area (Å²) in [5, 5.41) is 12.0. The molecule has 2 atom stereocenters. The van der Waals surface area contributed by atoms with Crippen LogP contribution in [0.4, 0.5) is 0 Å². The first kappa shape index (κ1) is 13.7. The molecule has 0 saturated heterocycles. The van der Waals surface area contributed by atoms with Gasteiger partial charge < -0.3 is 16.2 Å². The Morgan fingerprint density at radius 2 is 1.76 bits per heavy atom. The fraction of sp³-hybridized carbons (Fsp3) is 0.462. The Hall–Kier alpha value is -1.39. The number of benzene rings is 1. The van der Waals surface area contributed by atoms with Gasteiger partial charge in [-0.1, -0.05) is 12.1 Å². The second-order valence-electron chi connectivity index (χ2n) is 4.42. The van der Waals surface area contributed by atoms with E-state index in [2.05, 4.69) is 11.4 Å². The quantitative estimate of drug-likeness (QED) is 0.736. The molecule has 1 aromatic rings. The topological polar surface area (TPSA) is 75.3 Å². The van der Waals surface area contributed by atoms with Crippen LogP contribution in [0.2, 0.25) is 0 Å². The van der Waals surface area contributed by atoms with E-state index in [0.717, 1.165) is 16.7 Å². The zero-order valence-electron chi connectivity index (χ0n) is 10.7. The Morgan fingerprint density at radius 3 is 2.24 bits per heavy atom. The lowest BCUT2D eigenvalue weighted by molar-refractivity contribution is -0.139. The van der Waals surface area contributed by atoms with Crippen LogP contribution in [0, 0.1) is 20.8 Å². The molecule has 0 heterocycles. The van der Waals surface area contributed by atoms with Crippen molar-refractivity contribution in [3.05, 3.63) is 34.4 Å². The van der Waals surface area contributed by atoms with Gasteiger partial charge in [-0.3, -0.25) is 4.79 Å². The van der Waals surface area contributed by atoms with Gasteiger partial charge in [0.25, 0.3) is 0 Å². The minimum absolute atomic E-state index is 0.369. The third-order valence-corrected chi connectivity index (χ3v) is 3.17. The van der Waals surface area contributed by atoms with Crippen molar-refractivity contribution >= 4 is 5.97 Å². The Bertz CT molecular complexity index is 430. The number of likely N-dealkylation sites (N-methyl/N-ethyl adjacent to an activating group) is 1. The second-order valence-corrected chi connectivity index (χ2v) is 4.42. The number of hydrogen-bond acceptors (Lipinski definition) is 3. The molecule has 1 rings (SSSR count). The van der Waals surface area contributed by atoms with Gasteiger partial charge in [0.2, 0.25) is 0 Å². The van der Waals surface area contributed by atoms with Crippen LogP contribution in [0.3, 0.4) is 0 Å². The maximum atomic E-state index is 11.0. The average molecular weight is 236 g/mol. The van der Waals surface area contributed by atoms with E-state index in [9.17, 15) is 4.79 Å². The van der Waals surface area contributed by atoms with Gasteiger partial charge in [-0.2, -0.15) is 0 Å². The molecule has 0 amide bonds. The largest absolute Gasteiger partial charge is 0.480 e. The Morgan fingerprint density at radius 1 is 1.24 bits per heavy atom. The van der Waals surface area contributed by atoms with Crippen molar-refractivity contribution in [2.75, 3.05) is 7.05 Å². The maximum Gasteiger partial charge on any atom is 0.322 e. The second kappa shape index (κ2) is 5.29. The molecule has 94 valence electrons. The Balaban J connectivity index is 3.21. The molecule has 2 unspecified atom stereocenters. The van der Waals surface area contributed by atoms with E-state index in [1.807, 2.05) is 26.8 Å². The van der Waals surface area contributed by atoms with E-state index in [1.54, 1.807) is 7.05 Å². The SMILES string of the molecule is CNC(c1cc(C)c(C)cc1C)C(N)C(=O)O. The minimum atomic E-state index is -0.998. The molecule has 4 nitrogen and oxygen atoms in total. The Kier molecular flexibility index (Phi) is 4.26. The van der Waals surface area contributed by atoms with Crippen molar-refractivity contribution in [2.24, 2.45) is 5.73 Å². The standard InChI is InChI=1S/C13H20N2O2/c1-7-5-9(3)10(6-8(7)2)12(15-4)11(14)13(16)17/h5-6,11-12,15H,14H2,1-4H3,(H,16,17). The van der Waals surface area contributed by atoms with Crippen LogP contribution in [0.1, 0.15) is 28.3 Å². The third kappa shape index (κ3) is 2.84. The molecule has 0 radical (unpaired) electrons. The van der Waals surface area contributed by atoms with Crippen molar-refractivity contribution in [1.82, 2.24) is 5.32 Å². The lowest BCUT2D eigenvalue weighted by Crippen LogP contribution is -2.42. The molecular formula is C13H20N2O2. The average Bonchev–Trinajstić information content (AvgIpc) is 2.25. The van der Waals surface area contributed by atoms with Crippen molar-refractivity contribution in [1.29, 1.82) is 0 Å². The van der Waals surface area contributed by atoms with Crippen LogP contribution in [0.15, 0.2) is 12.1 Å². The number of carbonyl (C=O) groups is 1. The summed E-state index contributed by atoms with van der Waals surface area (Å²) in [4.78, 5) is 11.0. The van der Waals surface area contributed by atoms with Crippen LogP contribution in [-0.2, 0) is 4.79 Å². The fourth-order valence-electron chi connectivity index (χ4n) is 1.99. The molecule has 0 spiro atoms. The number of nitrogens with two attached hydrogens (primary N) is 1. The number of hydrogen-bond donors (Lipinski definition) is 3. The molecule has 0 aliphatic carbocycles. The first-order valence-electron chi connectivity index (χ1n) is 5.62. The van der Waals surface area contributed by atoms with Crippen LogP contribution >= 0.6 is 0 Å². The van der Waals surface area contributed by atoms with E-state index < -0.39 is 12.0 Å². The molecule has 0 fully saturated rings. The van der Waals surface area contributed by atoms with Gasteiger partial charge in [-0.15, -0.1) is 0 Å². The van der Waals surface area contributed by atoms with E-state index in [0.29, 0.717) is 0 Å². The number of carboxylic acids is 1. The van der Waals surface area contributed by atoms with E-state index in [-0.39, 0.29) is 6.04 Å². The van der Waals surface area contributed by atoms with Gasteiger partial charge in [0.05, 0.1) is 6.04 Å². The van der Waals surface area contributed by atoms with Gasteiger partial charge in [0.1, 0.15) is 6.04 Å². The van der Waals surface area contributed by atoms with Gasteiger partial charge in [0, 0.05) is 0 Å². The van der Waals surface area contributed by atoms with Crippen molar-refractivity contribution in [2.45, 2.75) is 32.9 Å². The lowest BCUT2D eigenvalue weighted by atomic mass is 9.92.